The Kier molecular flexibility index (Phi) is 4.34. The minimum absolute atomic E-state index is 0.150. The van der Waals surface area contributed by atoms with E-state index in [1.807, 2.05) is 6.08 Å². The second kappa shape index (κ2) is 6.30. The number of ether oxygens (including phenoxy) is 1. The summed E-state index contributed by atoms with van der Waals surface area (Å²) in [5.74, 6) is -0.975. The molecule has 1 fully saturated rings. The number of fused-ring (bicyclic) bond motifs is 2. The third kappa shape index (κ3) is 3.44. The summed E-state index contributed by atoms with van der Waals surface area (Å²) in [5.41, 5.74) is -1.29. The van der Waals surface area contributed by atoms with Gasteiger partial charge < -0.3 is 10.1 Å². The maximum absolute atomic E-state index is 12.9. The zero-order valence-electron chi connectivity index (χ0n) is 12.7. The summed E-state index contributed by atoms with van der Waals surface area (Å²) in [6.07, 6.45) is 1.12. The second-order valence-corrected chi connectivity index (χ2v) is 6.09. The highest BCUT2D eigenvalue weighted by molar-refractivity contribution is 5.93. The quantitative estimate of drug-likeness (QED) is 0.676. The standard InChI is InChI=1S/C17H16F3NO3/c18-17(19,20)13-3-1-2-4-14(13)21-15(22)9-24-16(23)12-8-10-5-6-11(12)7-10/h1-6,10-12H,7-9H2,(H,21,22)/t10-,11+,12+/m1/s1. The molecular formula is C17H16F3NO3. The smallest absolute Gasteiger partial charge is 0.418 e. The number of para-hydroxylation sites is 1. The van der Waals surface area contributed by atoms with Gasteiger partial charge >= 0.3 is 12.1 Å². The van der Waals surface area contributed by atoms with Crippen LogP contribution in [0.3, 0.4) is 0 Å². The number of amides is 1. The van der Waals surface area contributed by atoms with Crippen LogP contribution in [0, 0.1) is 17.8 Å². The number of hydrogen-bond donors (Lipinski definition) is 1. The molecule has 1 N–H and O–H groups in total. The Morgan fingerprint density at radius 2 is 1.92 bits per heavy atom. The molecule has 128 valence electrons. The maximum atomic E-state index is 12.9. The van der Waals surface area contributed by atoms with E-state index in [9.17, 15) is 22.8 Å². The van der Waals surface area contributed by atoms with E-state index < -0.39 is 30.2 Å². The molecule has 7 heteroatoms. The monoisotopic (exact) mass is 339 g/mol. The molecule has 3 rings (SSSR count). The van der Waals surface area contributed by atoms with Gasteiger partial charge in [-0.25, -0.2) is 0 Å². The number of halogens is 3. The second-order valence-electron chi connectivity index (χ2n) is 6.09. The van der Waals surface area contributed by atoms with Gasteiger partial charge in [-0.15, -0.1) is 0 Å². The van der Waals surface area contributed by atoms with Crippen LogP contribution in [-0.4, -0.2) is 18.5 Å². The van der Waals surface area contributed by atoms with Crippen LogP contribution >= 0.6 is 0 Å². The molecule has 0 aromatic heterocycles. The third-order valence-corrected chi connectivity index (χ3v) is 4.43. The van der Waals surface area contributed by atoms with E-state index in [1.54, 1.807) is 0 Å². The fourth-order valence-corrected chi connectivity index (χ4v) is 3.32. The topological polar surface area (TPSA) is 55.4 Å². The predicted molar refractivity (Wildman–Crippen MR) is 79.9 cm³/mol. The SMILES string of the molecule is O=C(COC(=O)[C@H]1C[C@@H]2C=C[C@H]1C2)Nc1ccccc1C(F)(F)F. The van der Waals surface area contributed by atoms with Crippen LogP contribution in [0.4, 0.5) is 18.9 Å². The summed E-state index contributed by atoms with van der Waals surface area (Å²) in [5, 5.41) is 2.15. The normalized spacial score (nSPS) is 24.9. The minimum Gasteiger partial charge on any atom is -0.455 e. The van der Waals surface area contributed by atoms with Gasteiger partial charge in [-0.05, 0) is 36.8 Å². The highest BCUT2D eigenvalue weighted by atomic mass is 19.4. The van der Waals surface area contributed by atoms with E-state index in [2.05, 4.69) is 11.4 Å². The van der Waals surface area contributed by atoms with Gasteiger partial charge in [-0.2, -0.15) is 13.2 Å². The molecule has 0 unspecified atom stereocenters. The first-order valence-electron chi connectivity index (χ1n) is 7.65. The Labute approximate surface area is 136 Å². The number of esters is 1. The summed E-state index contributed by atoms with van der Waals surface area (Å²) < 4.78 is 43.6. The molecule has 3 atom stereocenters. The molecule has 1 aromatic rings. The molecule has 0 saturated heterocycles. The van der Waals surface area contributed by atoms with Crippen molar-refractivity contribution in [1.29, 1.82) is 0 Å². The number of rotatable bonds is 4. The van der Waals surface area contributed by atoms with Crippen molar-refractivity contribution in [2.24, 2.45) is 17.8 Å². The molecular weight excluding hydrogens is 323 g/mol. The first-order valence-corrected chi connectivity index (χ1v) is 7.65. The highest BCUT2D eigenvalue weighted by Gasteiger charge is 2.41. The first-order chi connectivity index (χ1) is 11.3. The largest absolute Gasteiger partial charge is 0.455 e. The fourth-order valence-electron chi connectivity index (χ4n) is 3.32. The summed E-state index contributed by atoms with van der Waals surface area (Å²) in [6, 6.07) is 4.66. The number of benzene rings is 1. The van der Waals surface area contributed by atoms with Crippen molar-refractivity contribution in [3.05, 3.63) is 42.0 Å². The van der Waals surface area contributed by atoms with Crippen molar-refractivity contribution in [3.8, 4) is 0 Å². The van der Waals surface area contributed by atoms with E-state index in [1.165, 1.54) is 12.1 Å². The van der Waals surface area contributed by atoms with Crippen LogP contribution in [0.2, 0.25) is 0 Å². The Bertz CT molecular complexity index is 684. The Balaban J connectivity index is 1.55. The summed E-state index contributed by atoms with van der Waals surface area (Å²) >= 11 is 0. The van der Waals surface area contributed by atoms with Gasteiger partial charge in [0.2, 0.25) is 0 Å². The number of carbonyl (C=O) groups excluding carboxylic acids is 2. The third-order valence-electron chi connectivity index (χ3n) is 4.43. The van der Waals surface area contributed by atoms with E-state index in [-0.39, 0.29) is 17.5 Å². The van der Waals surface area contributed by atoms with Crippen molar-refractivity contribution in [3.63, 3.8) is 0 Å². The maximum Gasteiger partial charge on any atom is 0.418 e. The van der Waals surface area contributed by atoms with E-state index in [4.69, 9.17) is 4.74 Å². The minimum atomic E-state index is -4.57. The molecule has 1 aromatic carbocycles. The summed E-state index contributed by atoms with van der Waals surface area (Å²) in [6.45, 7) is -0.595. The molecule has 0 radical (unpaired) electrons. The van der Waals surface area contributed by atoms with E-state index >= 15 is 0 Å². The molecule has 0 aliphatic heterocycles. The van der Waals surface area contributed by atoms with Gasteiger partial charge in [-0.3, -0.25) is 9.59 Å². The lowest BCUT2D eigenvalue weighted by atomic mass is 9.94. The molecule has 0 heterocycles. The van der Waals surface area contributed by atoms with Crippen LogP contribution < -0.4 is 5.32 Å². The number of hydrogen-bond acceptors (Lipinski definition) is 3. The first kappa shape index (κ1) is 16.5. The van der Waals surface area contributed by atoms with Crippen molar-refractivity contribution >= 4 is 17.6 Å². The fraction of sp³-hybridized carbons (Fsp3) is 0.412. The van der Waals surface area contributed by atoms with Gasteiger partial charge in [-0.1, -0.05) is 24.3 Å². The zero-order valence-corrected chi connectivity index (χ0v) is 12.7. The lowest BCUT2D eigenvalue weighted by Crippen LogP contribution is -2.27. The number of nitrogens with one attached hydrogen (secondary N) is 1. The van der Waals surface area contributed by atoms with Gasteiger partial charge in [0, 0.05) is 0 Å². The Morgan fingerprint density at radius 3 is 2.54 bits per heavy atom. The molecule has 1 saturated carbocycles. The van der Waals surface area contributed by atoms with Crippen molar-refractivity contribution in [2.75, 3.05) is 11.9 Å². The molecule has 0 spiro atoms. The highest BCUT2D eigenvalue weighted by Crippen LogP contribution is 2.43. The molecule has 24 heavy (non-hydrogen) atoms. The summed E-state index contributed by atoms with van der Waals surface area (Å²) in [7, 11) is 0. The number of alkyl halides is 3. The van der Waals surface area contributed by atoms with Gasteiger partial charge in [0.05, 0.1) is 17.2 Å². The molecule has 2 aliphatic rings. The lowest BCUT2D eigenvalue weighted by Gasteiger charge is -2.17. The van der Waals surface area contributed by atoms with E-state index in [0.29, 0.717) is 12.3 Å². The van der Waals surface area contributed by atoms with Crippen LogP contribution in [0.15, 0.2) is 36.4 Å². The average molecular weight is 339 g/mol. The average Bonchev–Trinajstić information content (AvgIpc) is 3.15. The van der Waals surface area contributed by atoms with Crippen LogP contribution in [0.1, 0.15) is 18.4 Å². The number of anilines is 1. The number of allylic oxidation sites excluding steroid dienone is 2. The van der Waals surface area contributed by atoms with Gasteiger partial charge in [0.1, 0.15) is 0 Å². The van der Waals surface area contributed by atoms with Crippen LogP contribution in [0.25, 0.3) is 0 Å². The van der Waals surface area contributed by atoms with Gasteiger partial charge in [0.15, 0.2) is 6.61 Å². The van der Waals surface area contributed by atoms with Crippen LogP contribution in [-0.2, 0) is 20.5 Å². The molecule has 2 aliphatic carbocycles. The Morgan fingerprint density at radius 1 is 1.17 bits per heavy atom. The lowest BCUT2D eigenvalue weighted by molar-refractivity contribution is -0.152. The van der Waals surface area contributed by atoms with Crippen molar-refractivity contribution in [1.82, 2.24) is 0 Å². The van der Waals surface area contributed by atoms with Gasteiger partial charge in [0.25, 0.3) is 5.91 Å². The van der Waals surface area contributed by atoms with Crippen molar-refractivity contribution in [2.45, 2.75) is 19.0 Å². The predicted octanol–water partition coefficient (Wildman–Crippen LogP) is 3.40. The van der Waals surface area contributed by atoms with Crippen LogP contribution in [0.5, 0.6) is 0 Å². The molecule has 1 amide bonds. The molecule has 4 nitrogen and oxygen atoms in total. The Hall–Kier alpha value is -2.31. The number of carbonyl (C=O) groups is 2. The molecule has 2 bridgehead atoms. The van der Waals surface area contributed by atoms with Crippen molar-refractivity contribution < 1.29 is 27.5 Å². The zero-order chi connectivity index (χ0) is 17.3. The van der Waals surface area contributed by atoms with E-state index in [0.717, 1.165) is 18.6 Å². The summed E-state index contributed by atoms with van der Waals surface area (Å²) in [4.78, 5) is 23.8.